The van der Waals surface area contributed by atoms with Gasteiger partial charge < -0.3 is 10.3 Å². The van der Waals surface area contributed by atoms with Crippen LogP contribution in [-0.2, 0) is 21.7 Å². The SMILES string of the molecule is CC(C)(C)c1ccc(NC(=O)CSc2nc3c(c(=O)[nH]2)CSC3)cc1. The smallest absolute Gasteiger partial charge is 0.255 e. The van der Waals surface area contributed by atoms with E-state index < -0.39 is 0 Å². The Labute approximate surface area is 155 Å². The molecule has 7 heteroatoms. The number of benzene rings is 1. The van der Waals surface area contributed by atoms with Crippen molar-refractivity contribution in [3.05, 3.63) is 51.4 Å². The molecule has 0 radical (unpaired) electrons. The van der Waals surface area contributed by atoms with Crippen LogP contribution in [-0.4, -0.2) is 21.6 Å². The molecule has 0 atom stereocenters. The molecule has 1 aliphatic heterocycles. The van der Waals surface area contributed by atoms with E-state index in [2.05, 4.69) is 36.1 Å². The summed E-state index contributed by atoms with van der Waals surface area (Å²) in [4.78, 5) is 31.3. The lowest BCUT2D eigenvalue weighted by Crippen LogP contribution is -2.17. The van der Waals surface area contributed by atoms with Crippen LogP contribution in [0.1, 0.15) is 37.6 Å². The highest BCUT2D eigenvalue weighted by Gasteiger charge is 2.18. The van der Waals surface area contributed by atoms with Gasteiger partial charge in [-0.3, -0.25) is 9.59 Å². The van der Waals surface area contributed by atoms with Crippen LogP contribution in [0.15, 0.2) is 34.2 Å². The lowest BCUT2D eigenvalue weighted by molar-refractivity contribution is -0.113. The van der Waals surface area contributed by atoms with E-state index in [0.29, 0.717) is 10.9 Å². The zero-order valence-electron chi connectivity index (χ0n) is 14.5. The van der Waals surface area contributed by atoms with Gasteiger partial charge in [0.2, 0.25) is 5.91 Å². The number of hydrogen-bond donors (Lipinski definition) is 2. The minimum atomic E-state index is -0.119. The Morgan fingerprint density at radius 3 is 2.68 bits per heavy atom. The maximum absolute atomic E-state index is 12.1. The molecule has 5 nitrogen and oxygen atoms in total. The van der Waals surface area contributed by atoms with Gasteiger partial charge >= 0.3 is 0 Å². The number of aromatic amines is 1. The van der Waals surface area contributed by atoms with Crippen LogP contribution < -0.4 is 10.9 Å². The van der Waals surface area contributed by atoms with Gasteiger partial charge in [0.25, 0.3) is 5.56 Å². The first kappa shape index (κ1) is 18.1. The van der Waals surface area contributed by atoms with Gasteiger partial charge in [0.05, 0.1) is 11.4 Å². The molecule has 0 fully saturated rings. The molecule has 132 valence electrons. The molecule has 0 spiro atoms. The average molecular weight is 376 g/mol. The molecular formula is C18H21N3O2S2. The number of rotatable bonds is 4. The van der Waals surface area contributed by atoms with Crippen molar-refractivity contribution >= 4 is 35.1 Å². The lowest BCUT2D eigenvalue weighted by Gasteiger charge is -2.19. The predicted octanol–water partition coefficient (Wildman–Crippen LogP) is 3.55. The van der Waals surface area contributed by atoms with Crippen LogP contribution in [0, 0.1) is 0 Å². The van der Waals surface area contributed by atoms with Crippen molar-refractivity contribution in [2.24, 2.45) is 0 Å². The summed E-state index contributed by atoms with van der Waals surface area (Å²) in [7, 11) is 0. The van der Waals surface area contributed by atoms with Gasteiger partial charge in [-0.2, -0.15) is 11.8 Å². The van der Waals surface area contributed by atoms with Crippen LogP contribution >= 0.6 is 23.5 Å². The first-order valence-corrected chi connectivity index (χ1v) is 10.2. The molecule has 1 aliphatic rings. The molecule has 2 N–H and O–H groups in total. The summed E-state index contributed by atoms with van der Waals surface area (Å²) in [5.41, 5.74) is 3.59. The van der Waals surface area contributed by atoms with Gasteiger partial charge in [0, 0.05) is 22.8 Å². The third kappa shape index (κ3) is 4.46. The molecule has 2 heterocycles. The lowest BCUT2D eigenvalue weighted by atomic mass is 9.87. The fourth-order valence-electron chi connectivity index (χ4n) is 2.49. The van der Waals surface area contributed by atoms with E-state index in [1.165, 1.54) is 17.3 Å². The number of fused-ring (bicyclic) bond motifs is 1. The molecule has 25 heavy (non-hydrogen) atoms. The Kier molecular flexibility index (Phi) is 5.24. The van der Waals surface area contributed by atoms with E-state index in [1.807, 2.05) is 24.3 Å². The van der Waals surface area contributed by atoms with Gasteiger partial charge in [-0.1, -0.05) is 44.7 Å². The molecule has 2 aromatic rings. The second kappa shape index (κ2) is 7.25. The first-order valence-electron chi connectivity index (χ1n) is 8.06. The van der Waals surface area contributed by atoms with Crippen molar-refractivity contribution in [3.8, 4) is 0 Å². The molecule has 0 bridgehead atoms. The number of H-pyrrole nitrogens is 1. The quantitative estimate of drug-likeness (QED) is 0.631. The second-order valence-corrected chi connectivity index (χ2v) is 8.90. The number of carbonyl (C=O) groups excluding carboxylic acids is 1. The zero-order chi connectivity index (χ0) is 18.0. The van der Waals surface area contributed by atoms with E-state index in [9.17, 15) is 9.59 Å². The highest BCUT2D eigenvalue weighted by atomic mass is 32.2. The second-order valence-electron chi connectivity index (χ2n) is 6.95. The Hall–Kier alpha value is -1.73. The zero-order valence-corrected chi connectivity index (χ0v) is 16.1. The fraction of sp³-hybridized carbons (Fsp3) is 0.389. The fourth-order valence-corrected chi connectivity index (χ4v) is 4.21. The Morgan fingerprint density at radius 1 is 1.28 bits per heavy atom. The summed E-state index contributed by atoms with van der Waals surface area (Å²) in [6, 6.07) is 7.88. The number of aromatic nitrogens is 2. The molecule has 1 aromatic heterocycles. The monoisotopic (exact) mass is 375 g/mol. The highest BCUT2D eigenvalue weighted by Crippen LogP contribution is 2.27. The van der Waals surface area contributed by atoms with Crippen LogP contribution in [0.4, 0.5) is 5.69 Å². The van der Waals surface area contributed by atoms with Gasteiger partial charge in [0.1, 0.15) is 0 Å². The maximum Gasteiger partial charge on any atom is 0.255 e. The number of nitrogens with one attached hydrogen (secondary N) is 2. The van der Waals surface area contributed by atoms with Gasteiger partial charge in [-0.05, 0) is 23.1 Å². The molecule has 1 amide bonds. The van der Waals surface area contributed by atoms with Crippen molar-refractivity contribution in [1.82, 2.24) is 9.97 Å². The normalized spacial score (nSPS) is 13.6. The number of amides is 1. The molecule has 0 aliphatic carbocycles. The molecule has 3 rings (SSSR count). The van der Waals surface area contributed by atoms with Crippen LogP contribution in [0.25, 0.3) is 0 Å². The maximum atomic E-state index is 12.1. The average Bonchev–Trinajstić information content (AvgIpc) is 3.02. The third-order valence-electron chi connectivity index (χ3n) is 3.94. The van der Waals surface area contributed by atoms with E-state index in [0.717, 1.165) is 22.7 Å². The van der Waals surface area contributed by atoms with Gasteiger partial charge in [-0.25, -0.2) is 4.98 Å². The summed E-state index contributed by atoms with van der Waals surface area (Å²) >= 11 is 2.93. The summed E-state index contributed by atoms with van der Waals surface area (Å²) in [6.07, 6.45) is 0. The van der Waals surface area contributed by atoms with Crippen molar-refractivity contribution in [3.63, 3.8) is 0 Å². The number of thioether (sulfide) groups is 2. The van der Waals surface area contributed by atoms with E-state index in [-0.39, 0.29) is 22.6 Å². The third-order valence-corrected chi connectivity index (χ3v) is 5.78. The Bertz CT molecular complexity index is 839. The summed E-state index contributed by atoms with van der Waals surface area (Å²) in [6.45, 7) is 6.46. The molecule has 0 unspecified atom stereocenters. The summed E-state index contributed by atoms with van der Waals surface area (Å²) in [5, 5.41) is 3.38. The Balaban J connectivity index is 1.58. The Morgan fingerprint density at radius 2 is 2.00 bits per heavy atom. The van der Waals surface area contributed by atoms with Crippen molar-refractivity contribution < 1.29 is 4.79 Å². The minimum absolute atomic E-state index is 0.0851. The molecular weight excluding hydrogens is 354 g/mol. The molecule has 1 aromatic carbocycles. The number of nitrogens with zero attached hydrogens (tertiary/aromatic N) is 1. The summed E-state index contributed by atoms with van der Waals surface area (Å²) < 4.78 is 0. The number of anilines is 1. The highest BCUT2D eigenvalue weighted by molar-refractivity contribution is 7.99. The van der Waals surface area contributed by atoms with E-state index in [4.69, 9.17) is 0 Å². The largest absolute Gasteiger partial charge is 0.325 e. The van der Waals surface area contributed by atoms with Gasteiger partial charge in [0.15, 0.2) is 5.16 Å². The predicted molar refractivity (Wildman–Crippen MR) is 104 cm³/mol. The van der Waals surface area contributed by atoms with Crippen molar-refractivity contribution in [2.45, 2.75) is 42.8 Å². The minimum Gasteiger partial charge on any atom is -0.325 e. The molecule has 0 saturated carbocycles. The standard InChI is InChI=1S/C18H21N3O2S2/c1-18(2,3)11-4-6-12(7-5-11)19-15(22)10-25-17-20-14-9-24-8-13(14)16(23)21-17/h4-7H,8-10H2,1-3H3,(H,19,22)(H,20,21,23). The van der Waals surface area contributed by atoms with Crippen LogP contribution in [0.3, 0.4) is 0 Å². The number of hydrogen-bond acceptors (Lipinski definition) is 5. The topological polar surface area (TPSA) is 74.8 Å². The van der Waals surface area contributed by atoms with Crippen molar-refractivity contribution in [1.29, 1.82) is 0 Å². The number of carbonyl (C=O) groups is 1. The first-order chi connectivity index (χ1) is 11.8. The summed E-state index contributed by atoms with van der Waals surface area (Å²) in [5.74, 6) is 1.56. The molecule has 0 saturated heterocycles. The van der Waals surface area contributed by atoms with E-state index in [1.54, 1.807) is 11.8 Å². The van der Waals surface area contributed by atoms with Crippen LogP contribution in [0.5, 0.6) is 0 Å². The van der Waals surface area contributed by atoms with E-state index >= 15 is 0 Å². The van der Waals surface area contributed by atoms with Crippen LogP contribution in [0.2, 0.25) is 0 Å². The van der Waals surface area contributed by atoms with Gasteiger partial charge in [-0.15, -0.1) is 0 Å². The van der Waals surface area contributed by atoms with Crippen molar-refractivity contribution in [2.75, 3.05) is 11.1 Å².